The molecule has 0 bridgehead atoms. The van der Waals surface area contributed by atoms with Gasteiger partial charge >= 0.3 is 12.4 Å². The van der Waals surface area contributed by atoms with Crippen LogP contribution in [-0.4, -0.2) is 27.9 Å². The minimum Gasteiger partial charge on any atom is -0.493 e. The quantitative estimate of drug-likeness (QED) is 0.473. The second-order valence-electron chi connectivity index (χ2n) is 7.48. The molecule has 1 heterocycles. The van der Waals surface area contributed by atoms with Gasteiger partial charge in [0.1, 0.15) is 0 Å². The molecule has 174 valence electrons. The first kappa shape index (κ1) is 24.1. The monoisotopic (exact) mass is 468 g/mol. The van der Waals surface area contributed by atoms with E-state index in [2.05, 4.69) is 4.98 Å². The van der Waals surface area contributed by atoms with E-state index in [1.807, 2.05) is 0 Å². The number of pyridine rings is 1. The molecule has 1 amide bonds. The smallest absolute Gasteiger partial charge is 0.416 e. The van der Waals surface area contributed by atoms with E-state index in [1.165, 1.54) is 13.1 Å². The zero-order chi connectivity index (χ0) is 24.6. The van der Waals surface area contributed by atoms with Crippen molar-refractivity contribution in [3.63, 3.8) is 0 Å². The first-order valence-electron chi connectivity index (χ1n) is 9.56. The molecule has 0 radical (unpaired) electrons. The number of hydrogen-bond donors (Lipinski definition) is 1. The topological polar surface area (TPSA) is 53.4 Å². The predicted octanol–water partition coefficient (Wildman–Crippen LogP) is 6.07. The van der Waals surface area contributed by atoms with Gasteiger partial charge in [-0.1, -0.05) is 24.3 Å². The second-order valence-corrected chi connectivity index (χ2v) is 7.48. The number of aromatic nitrogens is 1. The Labute approximate surface area is 185 Å². The number of alkyl halides is 6. The molecule has 4 nitrogen and oxygen atoms in total. The summed E-state index contributed by atoms with van der Waals surface area (Å²) in [5, 5.41) is 9.81. The molecule has 2 aromatic carbocycles. The van der Waals surface area contributed by atoms with Crippen molar-refractivity contribution >= 4 is 5.91 Å². The number of hydrogen-bond acceptors (Lipinski definition) is 3. The molecule has 0 aliphatic heterocycles. The summed E-state index contributed by atoms with van der Waals surface area (Å²) in [6.07, 6.45) is -8.86. The third-order valence-corrected chi connectivity index (χ3v) is 4.97. The van der Waals surface area contributed by atoms with Crippen molar-refractivity contribution in [2.45, 2.75) is 25.8 Å². The predicted molar refractivity (Wildman–Crippen MR) is 108 cm³/mol. The van der Waals surface area contributed by atoms with Gasteiger partial charge in [-0.15, -0.1) is 0 Å². The van der Waals surface area contributed by atoms with E-state index in [4.69, 9.17) is 0 Å². The molecule has 0 atom stereocenters. The minimum absolute atomic E-state index is 0.0332. The van der Waals surface area contributed by atoms with E-state index < -0.39 is 35.9 Å². The van der Waals surface area contributed by atoms with E-state index in [-0.39, 0.29) is 23.1 Å². The number of nitrogens with zero attached hydrogens (tertiary/aromatic N) is 2. The van der Waals surface area contributed by atoms with Crippen molar-refractivity contribution in [2.75, 3.05) is 7.05 Å². The number of carbonyl (C=O) groups is 1. The zero-order valence-corrected chi connectivity index (χ0v) is 17.4. The van der Waals surface area contributed by atoms with Gasteiger partial charge in [0.25, 0.3) is 5.91 Å². The number of rotatable bonds is 4. The van der Waals surface area contributed by atoms with E-state index in [0.717, 1.165) is 16.7 Å². The van der Waals surface area contributed by atoms with E-state index in [1.54, 1.807) is 31.2 Å². The molecule has 1 N–H and O–H groups in total. The number of carbonyl (C=O) groups excluding carboxylic acids is 1. The fourth-order valence-electron chi connectivity index (χ4n) is 3.37. The molecule has 3 rings (SSSR count). The van der Waals surface area contributed by atoms with Gasteiger partial charge in [0, 0.05) is 31.4 Å². The highest BCUT2D eigenvalue weighted by Crippen LogP contribution is 2.37. The van der Waals surface area contributed by atoms with E-state index in [9.17, 15) is 36.2 Å². The number of aryl methyl sites for hydroxylation is 1. The van der Waals surface area contributed by atoms with Crippen molar-refractivity contribution < 1.29 is 36.2 Å². The lowest BCUT2D eigenvalue weighted by atomic mass is 9.96. The standard InChI is InChI=1S/C23H18F6N2O2/c1-13-5-3-4-6-17(13)18-10-20(32)30-11-19(18)21(33)31(2)12-14-7-15(22(24,25)26)9-16(8-14)23(27,28)29/h3-11H,12H2,1-2H3,(H,30,32). The first-order chi connectivity index (χ1) is 15.3. The summed E-state index contributed by atoms with van der Waals surface area (Å²) in [5.41, 5.74) is -1.49. The van der Waals surface area contributed by atoms with Crippen LogP contribution >= 0.6 is 0 Å². The molecule has 3 aromatic rings. The van der Waals surface area contributed by atoms with Crippen LogP contribution in [0.5, 0.6) is 5.88 Å². The van der Waals surface area contributed by atoms with Crippen LogP contribution in [-0.2, 0) is 18.9 Å². The van der Waals surface area contributed by atoms with Crippen LogP contribution in [0.1, 0.15) is 32.6 Å². The first-order valence-corrected chi connectivity index (χ1v) is 9.56. The van der Waals surface area contributed by atoms with E-state index >= 15 is 0 Å². The van der Waals surface area contributed by atoms with Crippen molar-refractivity contribution in [3.05, 3.63) is 82.5 Å². The molecule has 0 saturated heterocycles. The average molecular weight is 468 g/mol. The Morgan fingerprint density at radius 2 is 1.52 bits per heavy atom. The van der Waals surface area contributed by atoms with Crippen LogP contribution in [0.2, 0.25) is 0 Å². The highest BCUT2D eigenvalue weighted by atomic mass is 19.4. The summed E-state index contributed by atoms with van der Waals surface area (Å²) in [4.78, 5) is 17.8. The Morgan fingerprint density at radius 3 is 2.06 bits per heavy atom. The minimum atomic E-state index is -4.99. The molecule has 0 spiro atoms. The summed E-state index contributed by atoms with van der Waals surface area (Å²) >= 11 is 0. The lowest BCUT2D eigenvalue weighted by Crippen LogP contribution is -2.27. The van der Waals surface area contributed by atoms with Gasteiger partial charge in [-0.2, -0.15) is 26.3 Å². The van der Waals surface area contributed by atoms with Gasteiger partial charge in [0.2, 0.25) is 5.88 Å². The van der Waals surface area contributed by atoms with Gasteiger partial charge in [0.15, 0.2) is 0 Å². The molecule has 0 aliphatic carbocycles. The number of aromatic hydroxyl groups is 1. The van der Waals surface area contributed by atoms with Crippen LogP contribution < -0.4 is 0 Å². The van der Waals surface area contributed by atoms with Gasteiger partial charge in [-0.05, 0) is 41.8 Å². The third-order valence-electron chi connectivity index (χ3n) is 4.97. The van der Waals surface area contributed by atoms with Crippen molar-refractivity contribution in [2.24, 2.45) is 0 Å². The van der Waals surface area contributed by atoms with Crippen molar-refractivity contribution in [3.8, 4) is 17.0 Å². The van der Waals surface area contributed by atoms with Crippen LogP contribution in [0.15, 0.2) is 54.7 Å². The summed E-state index contributed by atoms with van der Waals surface area (Å²) in [5.74, 6) is -1.04. The second kappa shape index (κ2) is 8.76. The maximum Gasteiger partial charge on any atom is 0.416 e. The number of halogens is 6. The molecular weight excluding hydrogens is 450 g/mol. The summed E-state index contributed by atoms with van der Waals surface area (Å²) in [7, 11) is 1.25. The van der Waals surface area contributed by atoms with Gasteiger partial charge in [-0.25, -0.2) is 4.98 Å². The maximum absolute atomic E-state index is 13.1. The van der Waals surface area contributed by atoms with Gasteiger partial charge < -0.3 is 10.0 Å². The van der Waals surface area contributed by atoms with Crippen LogP contribution in [0.25, 0.3) is 11.1 Å². The summed E-state index contributed by atoms with van der Waals surface area (Å²) in [6, 6.07) is 9.46. The largest absolute Gasteiger partial charge is 0.493 e. The fourth-order valence-corrected chi connectivity index (χ4v) is 3.37. The summed E-state index contributed by atoms with van der Waals surface area (Å²) in [6.45, 7) is 1.27. The Balaban J connectivity index is 1.99. The average Bonchev–Trinajstić information content (AvgIpc) is 2.72. The Kier molecular flexibility index (Phi) is 6.40. The lowest BCUT2D eigenvalue weighted by Gasteiger charge is -2.21. The van der Waals surface area contributed by atoms with Crippen LogP contribution in [0.3, 0.4) is 0 Å². The molecule has 0 fully saturated rings. The maximum atomic E-state index is 13.1. The van der Waals surface area contributed by atoms with Crippen LogP contribution in [0.4, 0.5) is 26.3 Å². The number of benzene rings is 2. The lowest BCUT2D eigenvalue weighted by molar-refractivity contribution is -0.143. The summed E-state index contributed by atoms with van der Waals surface area (Å²) < 4.78 is 78.8. The molecule has 0 unspecified atom stereocenters. The zero-order valence-electron chi connectivity index (χ0n) is 17.4. The SMILES string of the molecule is Cc1ccccc1-c1cc(O)ncc1C(=O)N(C)Cc1cc(C(F)(F)F)cc(C(F)(F)F)c1. The normalized spacial score (nSPS) is 12.0. The Bertz CT molecular complexity index is 1160. The molecule has 0 saturated carbocycles. The van der Waals surface area contributed by atoms with Crippen LogP contribution in [0, 0.1) is 6.92 Å². The highest BCUT2D eigenvalue weighted by Gasteiger charge is 2.37. The van der Waals surface area contributed by atoms with Gasteiger partial charge in [0.05, 0.1) is 16.7 Å². The van der Waals surface area contributed by atoms with Gasteiger partial charge in [-0.3, -0.25) is 4.79 Å². The Morgan fingerprint density at radius 1 is 0.939 bits per heavy atom. The molecular formula is C23H18F6N2O2. The van der Waals surface area contributed by atoms with E-state index in [0.29, 0.717) is 23.3 Å². The Hall–Kier alpha value is -3.56. The molecule has 10 heteroatoms. The molecule has 33 heavy (non-hydrogen) atoms. The molecule has 0 aliphatic rings. The number of amides is 1. The highest BCUT2D eigenvalue weighted by molar-refractivity contribution is 6.01. The third kappa shape index (κ3) is 5.44. The molecule has 1 aromatic heterocycles. The fraction of sp³-hybridized carbons (Fsp3) is 0.217. The van der Waals surface area contributed by atoms with Crippen molar-refractivity contribution in [1.29, 1.82) is 0 Å². The van der Waals surface area contributed by atoms with Crippen molar-refractivity contribution in [1.82, 2.24) is 9.88 Å².